The average Bonchev–Trinajstić information content (AvgIpc) is 2.59. The van der Waals surface area contributed by atoms with Crippen LogP contribution in [0.15, 0.2) is 0 Å². The standard InChI is InChI=1S/C10H17NO5/c1-6(16-2)9(10(14)15)11-4-7(5-12)3-8(11)13/h6-7,9,12H,3-5H2,1-2H3,(H,14,15)/t6-,7?,9+/m1/s1. The first-order valence-electron chi connectivity index (χ1n) is 5.17. The predicted molar refractivity (Wildman–Crippen MR) is 54.8 cm³/mol. The van der Waals surface area contributed by atoms with E-state index >= 15 is 0 Å². The Balaban J connectivity index is 2.80. The monoisotopic (exact) mass is 231 g/mol. The minimum Gasteiger partial charge on any atom is -0.480 e. The first-order chi connectivity index (χ1) is 7.51. The number of ether oxygens (including phenoxy) is 1. The molecule has 1 rings (SSSR count). The molecule has 1 saturated heterocycles. The van der Waals surface area contributed by atoms with E-state index in [0.717, 1.165) is 0 Å². The van der Waals surface area contributed by atoms with Crippen LogP contribution in [0.3, 0.4) is 0 Å². The molecule has 1 aliphatic rings. The Morgan fingerprint density at radius 1 is 1.69 bits per heavy atom. The van der Waals surface area contributed by atoms with E-state index in [1.54, 1.807) is 6.92 Å². The van der Waals surface area contributed by atoms with Crippen LogP contribution in [-0.2, 0) is 14.3 Å². The lowest BCUT2D eigenvalue weighted by molar-refractivity contribution is -0.153. The van der Waals surface area contributed by atoms with Crippen molar-refractivity contribution in [1.29, 1.82) is 0 Å². The first kappa shape index (κ1) is 12.9. The van der Waals surface area contributed by atoms with Gasteiger partial charge in [-0.2, -0.15) is 0 Å². The maximum absolute atomic E-state index is 11.6. The van der Waals surface area contributed by atoms with Crippen LogP contribution in [0.2, 0.25) is 0 Å². The number of aliphatic hydroxyl groups is 1. The summed E-state index contributed by atoms with van der Waals surface area (Å²) in [5, 5.41) is 18.0. The van der Waals surface area contributed by atoms with Gasteiger partial charge < -0.3 is 19.8 Å². The molecular formula is C10H17NO5. The molecular weight excluding hydrogens is 214 g/mol. The topological polar surface area (TPSA) is 87.1 Å². The number of carboxylic acid groups (broad SMARTS) is 1. The second kappa shape index (κ2) is 5.27. The average molecular weight is 231 g/mol. The van der Waals surface area contributed by atoms with Crippen LogP contribution in [0.5, 0.6) is 0 Å². The molecule has 0 aromatic rings. The highest BCUT2D eigenvalue weighted by molar-refractivity contribution is 5.85. The van der Waals surface area contributed by atoms with Gasteiger partial charge >= 0.3 is 5.97 Å². The van der Waals surface area contributed by atoms with Gasteiger partial charge in [-0.3, -0.25) is 4.79 Å². The molecule has 6 heteroatoms. The molecule has 1 amide bonds. The molecule has 0 aromatic carbocycles. The first-order valence-corrected chi connectivity index (χ1v) is 5.17. The van der Waals surface area contributed by atoms with E-state index in [-0.39, 0.29) is 31.4 Å². The number of amides is 1. The van der Waals surface area contributed by atoms with Crippen molar-refractivity contribution in [3.8, 4) is 0 Å². The molecule has 3 atom stereocenters. The fourth-order valence-corrected chi connectivity index (χ4v) is 1.92. The number of carbonyl (C=O) groups excluding carboxylic acids is 1. The number of aliphatic carboxylic acids is 1. The Hall–Kier alpha value is -1.14. The highest BCUT2D eigenvalue weighted by Crippen LogP contribution is 2.22. The summed E-state index contributed by atoms with van der Waals surface area (Å²) in [7, 11) is 1.41. The smallest absolute Gasteiger partial charge is 0.329 e. The van der Waals surface area contributed by atoms with E-state index < -0.39 is 18.1 Å². The Kier molecular flexibility index (Phi) is 4.26. The number of aliphatic hydroxyl groups excluding tert-OH is 1. The van der Waals surface area contributed by atoms with Crippen LogP contribution in [-0.4, -0.2) is 59.4 Å². The summed E-state index contributed by atoms with van der Waals surface area (Å²) in [6.45, 7) is 1.79. The third-order valence-corrected chi connectivity index (χ3v) is 2.90. The normalized spacial score (nSPS) is 24.6. The molecule has 0 aromatic heterocycles. The SMILES string of the molecule is CO[C@H](C)[C@@H](C(=O)O)N1CC(CO)CC1=O. The van der Waals surface area contributed by atoms with Crippen LogP contribution in [0.4, 0.5) is 0 Å². The van der Waals surface area contributed by atoms with Crippen molar-refractivity contribution in [1.82, 2.24) is 4.90 Å². The molecule has 1 fully saturated rings. The fourth-order valence-electron chi connectivity index (χ4n) is 1.92. The highest BCUT2D eigenvalue weighted by Gasteiger charge is 2.40. The van der Waals surface area contributed by atoms with Crippen molar-refractivity contribution in [2.45, 2.75) is 25.5 Å². The van der Waals surface area contributed by atoms with Crippen LogP contribution in [0.25, 0.3) is 0 Å². The lowest BCUT2D eigenvalue weighted by Gasteiger charge is -2.28. The second-order valence-corrected chi connectivity index (χ2v) is 4.02. The van der Waals surface area contributed by atoms with Crippen LogP contribution < -0.4 is 0 Å². The summed E-state index contributed by atoms with van der Waals surface area (Å²) in [6, 6.07) is -0.978. The molecule has 16 heavy (non-hydrogen) atoms. The number of nitrogens with zero attached hydrogens (tertiary/aromatic N) is 1. The zero-order valence-corrected chi connectivity index (χ0v) is 9.42. The number of methoxy groups -OCH3 is 1. The fraction of sp³-hybridized carbons (Fsp3) is 0.800. The molecule has 2 N–H and O–H groups in total. The van der Waals surface area contributed by atoms with Gasteiger partial charge in [-0.25, -0.2) is 4.79 Å². The van der Waals surface area contributed by atoms with Crippen LogP contribution in [0, 0.1) is 5.92 Å². The van der Waals surface area contributed by atoms with Gasteiger partial charge in [0.15, 0.2) is 6.04 Å². The number of hydrogen-bond donors (Lipinski definition) is 2. The molecule has 6 nitrogen and oxygen atoms in total. The van der Waals surface area contributed by atoms with Gasteiger partial charge in [-0.1, -0.05) is 0 Å². The second-order valence-electron chi connectivity index (χ2n) is 4.02. The molecule has 0 bridgehead atoms. The maximum Gasteiger partial charge on any atom is 0.329 e. The molecule has 1 unspecified atom stereocenters. The van der Waals surface area contributed by atoms with Gasteiger partial charge in [-0.15, -0.1) is 0 Å². The van der Waals surface area contributed by atoms with Gasteiger partial charge in [0.2, 0.25) is 5.91 Å². The van der Waals surface area contributed by atoms with E-state index in [2.05, 4.69) is 0 Å². The largest absolute Gasteiger partial charge is 0.480 e. The van der Waals surface area contributed by atoms with E-state index in [4.69, 9.17) is 14.9 Å². The van der Waals surface area contributed by atoms with Crippen LogP contribution in [0.1, 0.15) is 13.3 Å². The zero-order valence-electron chi connectivity index (χ0n) is 9.42. The van der Waals surface area contributed by atoms with Crippen molar-refractivity contribution in [3.63, 3.8) is 0 Å². The Bertz CT molecular complexity index is 280. The summed E-state index contributed by atoms with van der Waals surface area (Å²) in [4.78, 5) is 24.0. The molecule has 0 spiro atoms. The van der Waals surface area contributed by atoms with Crippen molar-refractivity contribution in [2.75, 3.05) is 20.3 Å². The maximum atomic E-state index is 11.6. The van der Waals surface area contributed by atoms with Crippen molar-refractivity contribution in [2.24, 2.45) is 5.92 Å². The number of carboxylic acids is 1. The Labute approximate surface area is 93.8 Å². The minimum absolute atomic E-state index is 0.101. The predicted octanol–water partition coefficient (Wildman–Crippen LogP) is -0.685. The number of rotatable bonds is 5. The van der Waals surface area contributed by atoms with Gasteiger partial charge in [0, 0.05) is 32.6 Å². The molecule has 0 aliphatic carbocycles. The molecule has 92 valence electrons. The van der Waals surface area contributed by atoms with E-state index in [1.807, 2.05) is 0 Å². The molecule has 1 heterocycles. The van der Waals surface area contributed by atoms with Gasteiger partial charge in [0.1, 0.15) is 0 Å². The lowest BCUT2D eigenvalue weighted by atomic mass is 10.1. The Morgan fingerprint density at radius 3 is 2.69 bits per heavy atom. The van der Waals surface area contributed by atoms with E-state index in [1.165, 1.54) is 12.0 Å². The summed E-state index contributed by atoms with van der Waals surface area (Å²) < 4.78 is 4.97. The van der Waals surface area contributed by atoms with Crippen molar-refractivity contribution in [3.05, 3.63) is 0 Å². The summed E-state index contributed by atoms with van der Waals surface area (Å²) in [5.74, 6) is -1.49. The lowest BCUT2D eigenvalue weighted by Crippen LogP contribution is -2.49. The number of likely N-dealkylation sites (tertiary alicyclic amines) is 1. The minimum atomic E-state index is -1.08. The van der Waals surface area contributed by atoms with Gasteiger partial charge in [0.25, 0.3) is 0 Å². The van der Waals surface area contributed by atoms with Crippen LogP contribution >= 0.6 is 0 Å². The highest BCUT2D eigenvalue weighted by atomic mass is 16.5. The zero-order chi connectivity index (χ0) is 12.3. The number of carbonyl (C=O) groups is 2. The summed E-state index contributed by atoms with van der Waals surface area (Å²) in [5.41, 5.74) is 0. The Morgan fingerprint density at radius 2 is 2.31 bits per heavy atom. The third-order valence-electron chi connectivity index (χ3n) is 2.90. The summed E-state index contributed by atoms with van der Waals surface area (Å²) >= 11 is 0. The molecule has 0 saturated carbocycles. The van der Waals surface area contributed by atoms with Crippen molar-refractivity contribution >= 4 is 11.9 Å². The van der Waals surface area contributed by atoms with Gasteiger partial charge in [-0.05, 0) is 6.92 Å². The van der Waals surface area contributed by atoms with Crippen molar-refractivity contribution < 1.29 is 24.5 Å². The summed E-state index contributed by atoms with van der Waals surface area (Å²) in [6.07, 6.45) is -0.365. The molecule has 1 aliphatic heterocycles. The number of hydrogen-bond acceptors (Lipinski definition) is 4. The van der Waals surface area contributed by atoms with E-state index in [0.29, 0.717) is 0 Å². The van der Waals surface area contributed by atoms with E-state index in [9.17, 15) is 9.59 Å². The molecule has 0 radical (unpaired) electrons. The third kappa shape index (κ3) is 2.51. The van der Waals surface area contributed by atoms with Gasteiger partial charge in [0.05, 0.1) is 6.10 Å². The quantitative estimate of drug-likeness (QED) is 0.654.